The maximum absolute atomic E-state index is 12.5. The minimum atomic E-state index is 0.0175. The SMILES string of the molecule is Cn1c(SC(=O)c2ccc(C(C)(C)C)cc2)nc2ccccc21. The molecule has 23 heavy (non-hydrogen) atoms. The highest BCUT2D eigenvalue weighted by Crippen LogP contribution is 2.27. The van der Waals surface area contributed by atoms with E-state index in [-0.39, 0.29) is 10.5 Å². The molecule has 118 valence electrons. The Balaban J connectivity index is 1.84. The maximum Gasteiger partial charge on any atom is 0.227 e. The number of carbonyl (C=O) groups excluding carboxylic acids is 1. The summed E-state index contributed by atoms with van der Waals surface area (Å²) >= 11 is 1.18. The molecule has 0 unspecified atom stereocenters. The van der Waals surface area contributed by atoms with Gasteiger partial charge in [-0.1, -0.05) is 57.2 Å². The van der Waals surface area contributed by atoms with Gasteiger partial charge in [-0.05, 0) is 34.9 Å². The van der Waals surface area contributed by atoms with Crippen molar-refractivity contribution >= 4 is 27.9 Å². The van der Waals surface area contributed by atoms with E-state index in [9.17, 15) is 4.79 Å². The third-order valence-electron chi connectivity index (χ3n) is 3.92. The second kappa shape index (κ2) is 5.85. The van der Waals surface area contributed by atoms with E-state index >= 15 is 0 Å². The molecular formula is C19H20N2OS. The first-order chi connectivity index (χ1) is 10.9. The molecular weight excluding hydrogens is 304 g/mol. The Labute approximate surface area is 140 Å². The molecule has 0 spiro atoms. The quantitative estimate of drug-likeness (QED) is 0.635. The standard InChI is InChI=1S/C19H20N2OS/c1-19(2,3)14-11-9-13(10-12-14)17(22)23-18-20-15-7-5-6-8-16(15)21(18)4/h5-12H,1-4H3. The highest BCUT2D eigenvalue weighted by atomic mass is 32.2. The fourth-order valence-electron chi connectivity index (χ4n) is 2.46. The van der Waals surface area contributed by atoms with Crippen molar-refractivity contribution < 1.29 is 4.79 Å². The number of thioether (sulfide) groups is 1. The molecule has 3 rings (SSSR count). The van der Waals surface area contributed by atoms with E-state index in [1.165, 1.54) is 17.3 Å². The predicted molar refractivity (Wildman–Crippen MR) is 96.0 cm³/mol. The zero-order chi connectivity index (χ0) is 16.6. The van der Waals surface area contributed by atoms with Crippen LogP contribution in [0.2, 0.25) is 0 Å². The van der Waals surface area contributed by atoms with Crippen LogP contribution in [-0.2, 0) is 12.5 Å². The van der Waals surface area contributed by atoms with E-state index in [2.05, 4.69) is 25.8 Å². The van der Waals surface area contributed by atoms with E-state index in [0.717, 1.165) is 16.2 Å². The van der Waals surface area contributed by atoms with Gasteiger partial charge in [0, 0.05) is 12.6 Å². The molecule has 2 aromatic carbocycles. The molecule has 0 amide bonds. The van der Waals surface area contributed by atoms with E-state index in [1.807, 2.05) is 60.1 Å². The van der Waals surface area contributed by atoms with E-state index in [4.69, 9.17) is 0 Å². The van der Waals surface area contributed by atoms with Gasteiger partial charge in [-0.3, -0.25) is 4.79 Å². The molecule has 3 nitrogen and oxygen atoms in total. The molecule has 0 saturated heterocycles. The highest BCUT2D eigenvalue weighted by molar-refractivity contribution is 8.14. The summed E-state index contributed by atoms with van der Waals surface area (Å²) < 4.78 is 1.96. The van der Waals surface area contributed by atoms with Crippen molar-refractivity contribution in [1.29, 1.82) is 0 Å². The number of hydrogen-bond acceptors (Lipinski definition) is 3. The van der Waals surface area contributed by atoms with Crippen LogP contribution in [0.4, 0.5) is 0 Å². The molecule has 0 aliphatic rings. The number of imidazole rings is 1. The Morgan fingerprint density at radius 1 is 1.04 bits per heavy atom. The minimum absolute atomic E-state index is 0.0175. The predicted octanol–water partition coefficient (Wildman–Crippen LogP) is 4.80. The van der Waals surface area contributed by atoms with Crippen molar-refractivity contribution in [3.8, 4) is 0 Å². The number of nitrogens with zero attached hydrogens (tertiary/aromatic N) is 2. The lowest BCUT2D eigenvalue weighted by Gasteiger charge is -2.18. The van der Waals surface area contributed by atoms with Gasteiger partial charge in [-0.2, -0.15) is 0 Å². The Morgan fingerprint density at radius 3 is 2.30 bits per heavy atom. The van der Waals surface area contributed by atoms with Gasteiger partial charge in [0.05, 0.1) is 11.0 Å². The first-order valence-corrected chi connectivity index (χ1v) is 8.42. The second-order valence-electron chi connectivity index (χ2n) is 6.66. The topological polar surface area (TPSA) is 34.9 Å². The van der Waals surface area contributed by atoms with Crippen LogP contribution in [-0.4, -0.2) is 14.7 Å². The van der Waals surface area contributed by atoms with E-state index in [1.54, 1.807) is 0 Å². The number of carbonyl (C=O) groups is 1. The lowest BCUT2D eigenvalue weighted by Crippen LogP contribution is -2.11. The summed E-state index contributed by atoms with van der Waals surface area (Å²) in [4.78, 5) is 17.1. The summed E-state index contributed by atoms with van der Waals surface area (Å²) in [6, 6.07) is 15.8. The van der Waals surface area contributed by atoms with Gasteiger partial charge >= 0.3 is 0 Å². The second-order valence-corrected chi connectivity index (χ2v) is 7.60. The van der Waals surface area contributed by atoms with Crippen LogP contribution in [0.15, 0.2) is 53.7 Å². The highest BCUT2D eigenvalue weighted by Gasteiger charge is 2.17. The summed E-state index contributed by atoms with van der Waals surface area (Å²) in [5, 5.41) is 0.736. The summed E-state index contributed by atoms with van der Waals surface area (Å²) in [7, 11) is 1.94. The average Bonchev–Trinajstić information content (AvgIpc) is 2.83. The monoisotopic (exact) mass is 324 g/mol. The van der Waals surface area contributed by atoms with Crippen molar-refractivity contribution in [3.05, 3.63) is 59.7 Å². The van der Waals surface area contributed by atoms with Crippen LogP contribution in [0.1, 0.15) is 36.7 Å². The summed E-state index contributed by atoms with van der Waals surface area (Å²) in [6.07, 6.45) is 0. The molecule has 0 aliphatic heterocycles. The Kier molecular flexibility index (Phi) is 4.02. The van der Waals surface area contributed by atoms with Gasteiger partial charge in [0.25, 0.3) is 0 Å². The molecule has 0 atom stereocenters. The zero-order valence-electron chi connectivity index (χ0n) is 13.8. The van der Waals surface area contributed by atoms with Crippen molar-refractivity contribution in [1.82, 2.24) is 9.55 Å². The van der Waals surface area contributed by atoms with Crippen LogP contribution < -0.4 is 0 Å². The summed E-state index contributed by atoms with van der Waals surface area (Å²) in [5.41, 5.74) is 3.96. The third kappa shape index (κ3) is 3.17. The molecule has 3 aromatic rings. The minimum Gasteiger partial charge on any atom is -0.322 e. The molecule has 0 N–H and O–H groups in total. The first kappa shape index (κ1) is 15.8. The van der Waals surface area contributed by atoms with Gasteiger partial charge in [0.15, 0.2) is 5.16 Å². The molecule has 4 heteroatoms. The molecule has 0 radical (unpaired) electrons. The molecule has 1 heterocycles. The van der Waals surface area contributed by atoms with Crippen LogP contribution in [0.5, 0.6) is 0 Å². The molecule has 0 bridgehead atoms. The van der Waals surface area contributed by atoms with Gasteiger partial charge in [-0.25, -0.2) is 4.98 Å². The van der Waals surface area contributed by atoms with Gasteiger partial charge in [-0.15, -0.1) is 0 Å². The normalized spacial score (nSPS) is 11.8. The summed E-state index contributed by atoms with van der Waals surface area (Å²) in [6.45, 7) is 6.49. The average molecular weight is 324 g/mol. The molecule has 0 saturated carbocycles. The number of rotatable bonds is 2. The van der Waals surface area contributed by atoms with Crippen LogP contribution in [0, 0.1) is 0 Å². The fourth-order valence-corrected chi connectivity index (χ4v) is 3.26. The van der Waals surface area contributed by atoms with Crippen LogP contribution in [0.3, 0.4) is 0 Å². The Morgan fingerprint density at radius 2 is 1.70 bits per heavy atom. The zero-order valence-corrected chi connectivity index (χ0v) is 14.6. The third-order valence-corrected chi connectivity index (χ3v) is 4.89. The van der Waals surface area contributed by atoms with Crippen molar-refractivity contribution in [2.45, 2.75) is 31.3 Å². The lowest BCUT2D eigenvalue weighted by molar-refractivity contribution is 0.108. The van der Waals surface area contributed by atoms with Crippen LogP contribution in [0.25, 0.3) is 11.0 Å². The largest absolute Gasteiger partial charge is 0.322 e. The number of fused-ring (bicyclic) bond motifs is 1. The smallest absolute Gasteiger partial charge is 0.227 e. The Bertz CT molecular complexity index is 857. The van der Waals surface area contributed by atoms with Crippen molar-refractivity contribution in [3.63, 3.8) is 0 Å². The van der Waals surface area contributed by atoms with Crippen molar-refractivity contribution in [2.75, 3.05) is 0 Å². The molecule has 0 aliphatic carbocycles. The van der Waals surface area contributed by atoms with Gasteiger partial charge in [0.1, 0.15) is 0 Å². The van der Waals surface area contributed by atoms with Gasteiger partial charge < -0.3 is 4.57 Å². The first-order valence-electron chi connectivity index (χ1n) is 7.60. The maximum atomic E-state index is 12.5. The summed E-state index contributed by atoms with van der Waals surface area (Å²) in [5.74, 6) is 0. The molecule has 1 aromatic heterocycles. The van der Waals surface area contributed by atoms with Crippen LogP contribution >= 0.6 is 11.8 Å². The number of para-hydroxylation sites is 2. The lowest BCUT2D eigenvalue weighted by atomic mass is 9.87. The van der Waals surface area contributed by atoms with E-state index in [0.29, 0.717) is 5.56 Å². The fraction of sp³-hybridized carbons (Fsp3) is 0.263. The number of benzene rings is 2. The number of aryl methyl sites for hydroxylation is 1. The number of aromatic nitrogens is 2. The van der Waals surface area contributed by atoms with Crippen molar-refractivity contribution in [2.24, 2.45) is 7.05 Å². The Hall–Kier alpha value is -2.07. The van der Waals surface area contributed by atoms with E-state index < -0.39 is 0 Å². The molecule has 0 fully saturated rings. The van der Waals surface area contributed by atoms with Gasteiger partial charge in [0.2, 0.25) is 5.12 Å². The number of hydrogen-bond donors (Lipinski definition) is 0.